The molecule has 0 saturated carbocycles. The van der Waals surface area contributed by atoms with Gasteiger partial charge in [0.2, 0.25) is 0 Å². The Morgan fingerprint density at radius 1 is 1.04 bits per heavy atom. The van der Waals surface area contributed by atoms with Crippen molar-refractivity contribution in [3.63, 3.8) is 0 Å². The molecule has 0 bridgehead atoms. The lowest BCUT2D eigenvalue weighted by Crippen LogP contribution is -2.25. The van der Waals surface area contributed by atoms with Crippen LogP contribution in [0.15, 0.2) is 42.5 Å². The second-order valence-corrected chi connectivity index (χ2v) is 8.01. The van der Waals surface area contributed by atoms with Crippen molar-refractivity contribution in [3.05, 3.63) is 69.2 Å². The first-order valence-electron chi connectivity index (χ1n) is 7.93. The van der Waals surface area contributed by atoms with E-state index in [2.05, 4.69) is 45.0 Å². The maximum absolute atomic E-state index is 12.4. The average Bonchev–Trinajstić information content (AvgIpc) is 2.46. The Morgan fingerprint density at radius 2 is 1.67 bits per heavy atom. The van der Waals surface area contributed by atoms with E-state index in [1.807, 2.05) is 11.9 Å². The molecule has 0 N–H and O–H groups in total. The first kappa shape index (κ1) is 19.0. The monoisotopic (exact) mass is 363 g/mol. The minimum absolute atomic E-state index is 0.00882. The molecule has 2 rings (SSSR count). The van der Waals surface area contributed by atoms with Gasteiger partial charge in [-0.3, -0.25) is 9.69 Å². The topological polar surface area (TPSA) is 20.3 Å². The fraction of sp³-hybridized carbons (Fsp3) is 0.350. The minimum Gasteiger partial charge on any atom is -0.295 e. The van der Waals surface area contributed by atoms with Crippen LogP contribution in [0.5, 0.6) is 0 Å². The van der Waals surface area contributed by atoms with Gasteiger partial charge in [0.1, 0.15) is 0 Å². The number of halogens is 2. The number of ketones is 1. The summed E-state index contributed by atoms with van der Waals surface area (Å²) in [6, 6.07) is 13.5. The Labute approximate surface area is 154 Å². The van der Waals surface area contributed by atoms with Gasteiger partial charge in [0, 0.05) is 17.1 Å². The van der Waals surface area contributed by atoms with Crippen LogP contribution in [0.25, 0.3) is 0 Å². The van der Waals surface area contributed by atoms with Crippen molar-refractivity contribution < 1.29 is 4.79 Å². The molecule has 0 saturated heterocycles. The predicted octanol–water partition coefficient (Wildman–Crippen LogP) is 5.61. The number of carbonyl (C=O) groups excluding carboxylic acids is 1. The number of benzene rings is 2. The Bertz CT molecular complexity index is 717. The highest BCUT2D eigenvalue weighted by Gasteiger charge is 2.15. The standard InChI is InChI=1S/C20H23Cl2NO/c1-20(2,3)15-7-5-14(6-8-15)12-23(4)13-19(24)17-10-9-16(21)11-18(17)22/h5-11H,12-13H2,1-4H3. The van der Waals surface area contributed by atoms with E-state index in [4.69, 9.17) is 23.2 Å². The molecule has 0 heterocycles. The van der Waals surface area contributed by atoms with Gasteiger partial charge in [-0.25, -0.2) is 0 Å². The zero-order valence-electron chi connectivity index (χ0n) is 14.6. The smallest absolute Gasteiger partial charge is 0.178 e. The number of hydrogen-bond donors (Lipinski definition) is 0. The van der Waals surface area contributed by atoms with Crippen LogP contribution in [0.1, 0.15) is 42.3 Å². The summed E-state index contributed by atoms with van der Waals surface area (Å²) in [6.45, 7) is 7.61. The van der Waals surface area contributed by atoms with Gasteiger partial charge in [-0.05, 0) is 41.8 Å². The van der Waals surface area contributed by atoms with E-state index < -0.39 is 0 Å². The van der Waals surface area contributed by atoms with E-state index in [9.17, 15) is 4.79 Å². The van der Waals surface area contributed by atoms with E-state index >= 15 is 0 Å². The molecular weight excluding hydrogens is 341 g/mol. The zero-order valence-corrected chi connectivity index (χ0v) is 16.1. The van der Waals surface area contributed by atoms with E-state index in [1.165, 1.54) is 11.1 Å². The minimum atomic E-state index is -0.00882. The van der Waals surface area contributed by atoms with Crippen molar-refractivity contribution in [1.82, 2.24) is 4.90 Å². The fourth-order valence-electron chi connectivity index (χ4n) is 2.52. The van der Waals surface area contributed by atoms with Crippen molar-refractivity contribution in [2.24, 2.45) is 0 Å². The summed E-state index contributed by atoms with van der Waals surface area (Å²) in [5, 5.41) is 0.930. The van der Waals surface area contributed by atoms with Crippen LogP contribution >= 0.6 is 23.2 Å². The molecule has 0 unspecified atom stereocenters. The van der Waals surface area contributed by atoms with Crippen LogP contribution in [-0.4, -0.2) is 24.3 Å². The van der Waals surface area contributed by atoms with E-state index in [-0.39, 0.29) is 11.2 Å². The number of carbonyl (C=O) groups is 1. The predicted molar refractivity (Wildman–Crippen MR) is 102 cm³/mol. The van der Waals surface area contributed by atoms with Crippen LogP contribution < -0.4 is 0 Å². The Hall–Kier alpha value is -1.35. The summed E-state index contributed by atoms with van der Waals surface area (Å²) in [5.74, 6) is -0.00882. The molecular formula is C20H23Cl2NO. The third-order valence-corrected chi connectivity index (χ3v) is 4.47. The molecule has 0 aliphatic carbocycles. The first-order valence-corrected chi connectivity index (χ1v) is 8.68. The van der Waals surface area contributed by atoms with Gasteiger partial charge in [0.25, 0.3) is 0 Å². The third-order valence-electron chi connectivity index (χ3n) is 3.92. The average molecular weight is 364 g/mol. The summed E-state index contributed by atoms with van der Waals surface area (Å²) in [5.41, 5.74) is 3.14. The molecule has 0 radical (unpaired) electrons. The Kier molecular flexibility index (Phi) is 6.08. The molecule has 0 aliphatic heterocycles. The molecule has 0 aliphatic rings. The third kappa shape index (κ3) is 5.07. The molecule has 4 heteroatoms. The second-order valence-electron chi connectivity index (χ2n) is 7.17. The molecule has 0 atom stereocenters. The Morgan fingerprint density at radius 3 is 2.21 bits per heavy atom. The largest absolute Gasteiger partial charge is 0.295 e. The molecule has 2 aromatic carbocycles. The number of rotatable bonds is 5. The molecule has 0 amide bonds. The first-order chi connectivity index (χ1) is 11.2. The summed E-state index contributed by atoms with van der Waals surface area (Å²) in [6.07, 6.45) is 0. The SMILES string of the molecule is CN(CC(=O)c1ccc(Cl)cc1Cl)Cc1ccc(C(C)(C)C)cc1. The number of Topliss-reactive ketones (excluding diaryl/α,β-unsaturated/α-hetero) is 1. The summed E-state index contributed by atoms with van der Waals surface area (Å²) < 4.78 is 0. The lowest BCUT2D eigenvalue weighted by atomic mass is 9.87. The van der Waals surface area contributed by atoms with Gasteiger partial charge >= 0.3 is 0 Å². The fourth-order valence-corrected chi connectivity index (χ4v) is 3.04. The maximum Gasteiger partial charge on any atom is 0.178 e. The highest BCUT2D eigenvalue weighted by molar-refractivity contribution is 6.36. The van der Waals surface area contributed by atoms with E-state index in [1.54, 1.807) is 18.2 Å². The highest BCUT2D eigenvalue weighted by atomic mass is 35.5. The van der Waals surface area contributed by atoms with Crippen molar-refractivity contribution in [3.8, 4) is 0 Å². The van der Waals surface area contributed by atoms with Crippen LogP contribution in [0, 0.1) is 0 Å². The van der Waals surface area contributed by atoms with Gasteiger partial charge in [-0.1, -0.05) is 68.2 Å². The van der Waals surface area contributed by atoms with E-state index in [0.29, 0.717) is 28.7 Å². The van der Waals surface area contributed by atoms with Crippen LogP contribution in [0.3, 0.4) is 0 Å². The molecule has 0 spiro atoms. The highest BCUT2D eigenvalue weighted by Crippen LogP contribution is 2.23. The van der Waals surface area contributed by atoms with Crippen LogP contribution in [-0.2, 0) is 12.0 Å². The molecule has 2 nitrogen and oxygen atoms in total. The number of likely N-dealkylation sites (N-methyl/N-ethyl adjacent to an activating group) is 1. The molecule has 0 aromatic heterocycles. The van der Waals surface area contributed by atoms with Crippen molar-refractivity contribution in [2.45, 2.75) is 32.7 Å². The van der Waals surface area contributed by atoms with Gasteiger partial charge in [0.15, 0.2) is 5.78 Å². The van der Waals surface area contributed by atoms with E-state index in [0.717, 1.165) is 0 Å². The molecule has 128 valence electrons. The Balaban J connectivity index is 2.00. The van der Waals surface area contributed by atoms with Gasteiger partial charge in [-0.2, -0.15) is 0 Å². The molecule has 0 fully saturated rings. The lowest BCUT2D eigenvalue weighted by molar-refractivity contribution is 0.0943. The lowest BCUT2D eigenvalue weighted by Gasteiger charge is -2.20. The van der Waals surface area contributed by atoms with Crippen LogP contribution in [0.2, 0.25) is 10.0 Å². The van der Waals surface area contributed by atoms with Crippen LogP contribution in [0.4, 0.5) is 0 Å². The summed E-state index contributed by atoms with van der Waals surface area (Å²) in [7, 11) is 1.93. The maximum atomic E-state index is 12.4. The number of nitrogens with zero attached hydrogens (tertiary/aromatic N) is 1. The molecule has 2 aromatic rings. The quantitative estimate of drug-likeness (QED) is 0.643. The molecule has 24 heavy (non-hydrogen) atoms. The summed E-state index contributed by atoms with van der Waals surface area (Å²) in [4.78, 5) is 14.4. The normalized spacial score (nSPS) is 11.8. The summed E-state index contributed by atoms with van der Waals surface area (Å²) >= 11 is 12.0. The van der Waals surface area contributed by atoms with Crippen molar-refractivity contribution in [2.75, 3.05) is 13.6 Å². The second kappa shape index (κ2) is 7.69. The van der Waals surface area contributed by atoms with Gasteiger partial charge in [-0.15, -0.1) is 0 Å². The van der Waals surface area contributed by atoms with Gasteiger partial charge < -0.3 is 0 Å². The van der Waals surface area contributed by atoms with Crippen molar-refractivity contribution >= 4 is 29.0 Å². The van der Waals surface area contributed by atoms with Crippen molar-refractivity contribution in [1.29, 1.82) is 0 Å². The number of hydrogen-bond acceptors (Lipinski definition) is 2. The zero-order chi connectivity index (χ0) is 17.9. The van der Waals surface area contributed by atoms with Gasteiger partial charge in [0.05, 0.1) is 11.6 Å².